The molecule has 0 aliphatic heterocycles. The van der Waals surface area contributed by atoms with Crippen molar-refractivity contribution in [3.63, 3.8) is 0 Å². The zero-order chi connectivity index (χ0) is 12.8. The van der Waals surface area contributed by atoms with Gasteiger partial charge in [0, 0.05) is 12.6 Å². The van der Waals surface area contributed by atoms with E-state index in [0.29, 0.717) is 6.54 Å². The van der Waals surface area contributed by atoms with E-state index in [0.717, 1.165) is 5.56 Å². The van der Waals surface area contributed by atoms with E-state index < -0.39 is 0 Å². The summed E-state index contributed by atoms with van der Waals surface area (Å²) in [5.74, 6) is -0.671. The number of hydrogen-bond acceptors (Lipinski definition) is 3. The lowest BCUT2D eigenvalue weighted by atomic mass is 10.1. The van der Waals surface area contributed by atoms with Crippen LogP contribution in [0.5, 0.6) is 0 Å². The highest BCUT2D eigenvalue weighted by molar-refractivity contribution is 5.72. The summed E-state index contributed by atoms with van der Waals surface area (Å²) in [6.45, 7) is 4.30. The van der Waals surface area contributed by atoms with Crippen molar-refractivity contribution in [1.82, 2.24) is 5.32 Å². The van der Waals surface area contributed by atoms with Gasteiger partial charge >= 0.3 is 5.97 Å². The molecule has 0 heterocycles. The van der Waals surface area contributed by atoms with E-state index >= 15 is 0 Å². The Morgan fingerprint density at radius 1 is 1.35 bits per heavy atom. The second-order valence-corrected chi connectivity index (χ2v) is 4.11. The molecule has 17 heavy (non-hydrogen) atoms. The van der Waals surface area contributed by atoms with Gasteiger partial charge in [0.15, 0.2) is 0 Å². The first-order chi connectivity index (χ1) is 8.04. The highest BCUT2D eigenvalue weighted by Gasteiger charge is 2.14. The molecule has 2 unspecified atom stereocenters. The average molecular weight is 239 g/mol. The number of carbonyl (C=O) groups excluding carboxylic acids is 1. The minimum absolute atomic E-state index is 0.0720. The fraction of sp³-hybridized carbons (Fsp3) is 0.462. The number of halogens is 1. The Morgan fingerprint density at radius 3 is 2.47 bits per heavy atom. The first-order valence-electron chi connectivity index (χ1n) is 5.61. The van der Waals surface area contributed by atoms with Gasteiger partial charge in [-0.1, -0.05) is 19.1 Å². The van der Waals surface area contributed by atoms with Gasteiger partial charge in [-0.3, -0.25) is 4.79 Å². The first-order valence-corrected chi connectivity index (χ1v) is 5.61. The van der Waals surface area contributed by atoms with Gasteiger partial charge in [0.1, 0.15) is 5.82 Å². The van der Waals surface area contributed by atoms with Gasteiger partial charge in [-0.05, 0) is 24.6 Å². The molecule has 0 saturated heterocycles. The van der Waals surface area contributed by atoms with Gasteiger partial charge in [0.2, 0.25) is 0 Å². The molecule has 1 rings (SSSR count). The lowest BCUT2D eigenvalue weighted by Crippen LogP contribution is -2.29. The van der Waals surface area contributed by atoms with Gasteiger partial charge in [-0.15, -0.1) is 0 Å². The van der Waals surface area contributed by atoms with Crippen LogP contribution >= 0.6 is 0 Å². The van der Waals surface area contributed by atoms with E-state index in [-0.39, 0.29) is 23.7 Å². The van der Waals surface area contributed by atoms with Crippen LogP contribution in [0.4, 0.5) is 4.39 Å². The van der Waals surface area contributed by atoms with Crippen LogP contribution in [0.3, 0.4) is 0 Å². The fourth-order valence-electron chi connectivity index (χ4n) is 1.51. The van der Waals surface area contributed by atoms with Gasteiger partial charge in [0.25, 0.3) is 0 Å². The third-order valence-corrected chi connectivity index (χ3v) is 2.70. The number of rotatable bonds is 5. The van der Waals surface area contributed by atoms with Crippen LogP contribution in [0.15, 0.2) is 24.3 Å². The van der Waals surface area contributed by atoms with E-state index in [9.17, 15) is 9.18 Å². The molecule has 0 aromatic heterocycles. The van der Waals surface area contributed by atoms with Crippen molar-refractivity contribution >= 4 is 5.97 Å². The van der Waals surface area contributed by atoms with Gasteiger partial charge in [0.05, 0.1) is 13.0 Å². The number of ether oxygens (including phenoxy) is 1. The summed E-state index contributed by atoms with van der Waals surface area (Å²) in [4.78, 5) is 11.2. The van der Waals surface area contributed by atoms with E-state index in [2.05, 4.69) is 10.1 Å². The maximum atomic E-state index is 12.7. The van der Waals surface area contributed by atoms with E-state index in [1.165, 1.54) is 19.2 Å². The maximum absolute atomic E-state index is 12.7. The Hall–Kier alpha value is -1.42. The lowest BCUT2D eigenvalue weighted by molar-refractivity contribution is -0.144. The van der Waals surface area contributed by atoms with Gasteiger partial charge in [-0.2, -0.15) is 0 Å². The summed E-state index contributed by atoms with van der Waals surface area (Å²) in [7, 11) is 1.38. The van der Waals surface area contributed by atoms with Crippen LogP contribution in [-0.4, -0.2) is 19.6 Å². The summed E-state index contributed by atoms with van der Waals surface area (Å²) in [6.07, 6.45) is 0. The van der Waals surface area contributed by atoms with E-state index in [4.69, 9.17) is 0 Å². The maximum Gasteiger partial charge on any atom is 0.309 e. The second kappa shape index (κ2) is 6.35. The van der Waals surface area contributed by atoms with Crippen LogP contribution in [-0.2, 0) is 9.53 Å². The van der Waals surface area contributed by atoms with E-state index in [1.807, 2.05) is 6.92 Å². The third kappa shape index (κ3) is 4.15. The Morgan fingerprint density at radius 2 is 1.94 bits per heavy atom. The Kier molecular flexibility index (Phi) is 5.10. The highest BCUT2D eigenvalue weighted by Crippen LogP contribution is 2.13. The van der Waals surface area contributed by atoms with Crippen molar-refractivity contribution in [2.45, 2.75) is 19.9 Å². The van der Waals surface area contributed by atoms with Crippen LogP contribution in [0.25, 0.3) is 0 Å². The first kappa shape index (κ1) is 13.6. The molecule has 0 aliphatic rings. The molecule has 0 bridgehead atoms. The number of esters is 1. The summed E-state index contributed by atoms with van der Waals surface area (Å²) in [5, 5.41) is 3.21. The molecule has 94 valence electrons. The molecule has 0 saturated carbocycles. The Balaban J connectivity index is 2.47. The molecule has 3 nitrogen and oxygen atoms in total. The summed E-state index contributed by atoms with van der Waals surface area (Å²) >= 11 is 0. The molecule has 2 atom stereocenters. The molecule has 0 fully saturated rings. The molecule has 0 radical (unpaired) electrons. The normalized spacial score (nSPS) is 14.1. The van der Waals surface area contributed by atoms with Crippen molar-refractivity contribution in [2.24, 2.45) is 5.92 Å². The number of nitrogens with one attached hydrogen (secondary N) is 1. The van der Waals surface area contributed by atoms with Crippen LogP contribution in [0.1, 0.15) is 25.5 Å². The largest absolute Gasteiger partial charge is 0.469 e. The minimum atomic E-state index is -0.246. The monoisotopic (exact) mass is 239 g/mol. The van der Waals surface area contributed by atoms with Crippen LogP contribution < -0.4 is 5.32 Å². The predicted molar refractivity (Wildman–Crippen MR) is 64.0 cm³/mol. The number of hydrogen-bond donors (Lipinski definition) is 1. The van der Waals surface area contributed by atoms with Crippen molar-refractivity contribution < 1.29 is 13.9 Å². The summed E-state index contributed by atoms with van der Waals surface area (Å²) < 4.78 is 17.4. The zero-order valence-electron chi connectivity index (χ0n) is 10.4. The molecule has 0 amide bonds. The van der Waals surface area contributed by atoms with Gasteiger partial charge < -0.3 is 10.1 Å². The minimum Gasteiger partial charge on any atom is -0.469 e. The van der Waals surface area contributed by atoms with Crippen molar-refractivity contribution in [3.8, 4) is 0 Å². The van der Waals surface area contributed by atoms with Gasteiger partial charge in [-0.25, -0.2) is 4.39 Å². The smallest absolute Gasteiger partial charge is 0.309 e. The van der Waals surface area contributed by atoms with Crippen LogP contribution in [0, 0.1) is 11.7 Å². The molecule has 0 spiro atoms. The number of benzene rings is 1. The highest BCUT2D eigenvalue weighted by atomic mass is 19.1. The summed E-state index contributed by atoms with van der Waals surface area (Å²) in [5.41, 5.74) is 0.989. The average Bonchev–Trinajstić information content (AvgIpc) is 2.35. The Bertz CT molecular complexity index is 364. The predicted octanol–water partition coefficient (Wildman–Crippen LogP) is 2.29. The second-order valence-electron chi connectivity index (χ2n) is 4.11. The van der Waals surface area contributed by atoms with Crippen LogP contribution in [0.2, 0.25) is 0 Å². The molecule has 1 aromatic rings. The van der Waals surface area contributed by atoms with E-state index in [1.54, 1.807) is 19.1 Å². The molecule has 4 heteroatoms. The topological polar surface area (TPSA) is 38.3 Å². The lowest BCUT2D eigenvalue weighted by Gasteiger charge is -2.16. The van der Waals surface area contributed by atoms with Crippen molar-refractivity contribution in [3.05, 3.63) is 35.6 Å². The third-order valence-electron chi connectivity index (χ3n) is 2.70. The molecule has 1 N–H and O–H groups in total. The van der Waals surface area contributed by atoms with Crippen molar-refractivity contribution in [2.75, 3.05) is 13.7 Å². The molecule has 1 aromatic carbocycles. The molecular formula is C13H18FNO2. The number of methoxy groups -OCH3 is 1. The zero-order valence-corrected chi connectivity index (χ0v) is 10.4. The van der Waals surface area contributed by atoms with Crippen molar-refractivity contribution in [1.29, 1.82) is 0 Å². The fourth-order valence-corrected chi connectivity index (χ4v) is 1.51. The molecular weight excluding hydrogens is 221 g/mol. The Labute approximate surface area is 101 Å². The summed E-state index contributed by atoms with van der Waals surface area (Å²) in [6, 6.07) is 6.39. The quantitative estimate of drug-likeness (QED) is 0.801. The number of carbonyl (C=O) groups is 1. The molecule has 0 aliphatic carbocycles. The standard InChI is InChI=1S/C13H18FNO2/c1-9(13(16)17-3)8-15-10(2)11-4-6-12(14)7-5-11/h4-7,9-10,15H,8H2,1-3H3. The SMILES string of the molecule is COC(=O)C(C)CNC(C)c1ccc(F)cc1.